The summed E-state index contributed by atoms with van der Waals surface area (Å²) in [6, 6.07) is 20.7. The van der Waals surface area contributed by atoms with E-state index in [1.54, 1.807) is 0 Å². The van der Waals surface area contributed by atoms with Crippen molar-refractivity contribution in [2.75, 3.05) is 0 Å². The van der Waals surface area contributed by atoms with Gasteiger partial charge in [-0.15, -0.1) is 0 Å². The summed E-state index contributed by atoms with van der Waals surface area (Å²) in [6.45, 7) is 16.0. The molecule has 4 atom stereocenters. The van der Waals surface area contributed by atoms with Crippen molar-refractivity contribution in [1.82, 2.24) is 5.32 Å². The average Bonchev–Trinajstić information content (AvgIpc) is 2.73. The number of rotatable bonds is 6. The van der Waals surface area contributed by atoms with E-state index in [9.17, 15) is 0 Å². The maximum Gasteiger partial charge on any atom is 0.242 e. The molecule has 2 aromatic rings. The lowest BCUT2D eigenvalue weighted by Crippen LogP contribution is -2.61. The second-order valence-corrected chi connectivity index (χ2v) is 10.8. The molecular formula is C27H39NO4. The van der Waals surface area contributed by atoms with Gasteiger partial charge in [0.05, 0.1) is 11.2 Å². The highest BCUT2D eigenvalue weighted by atomic mass is 17.3. The zero-order chi connectivity index (χ0) is 23.6. The number of hydrogen-bond acceptors (Lipinski definition) is 5. The van der Waals surface area contributed by atoms with Crippen molar-refractivity contribution in [1.29, 1.82) is 0 Å². The molecule has 5 heteroatoms. The monoisotopic (exact) mass is 441 g/mol. The van der Waals surface area contributed by atoms with Gasteiger partial charge in [0.2, 0.25) is 5.79 Å². The summed E-state index contributed by atoms with van der Waals surface area (Å²) < 4.78 is 0. The Kier molecular flexibility index (Phi) is 7.48. The molecule has 0 aromatic heterocycles. The summed E-state index contributed by atoms with van der Waals surface area (Å²) >= 11 is 0. The van der Waals surface area contributed by atoms with Gasteiger partial charge in [-0.25, -0.2) is 9.78 Å². The highest BCUT2D eigenvalue weighted by Gasteiger charge is 2.57. The Balaban J connectivity index is 2.09. The minimum absolute atomic E-state index is 0.0373. The van der Waals surface area contributed by atoms with Crippen molar-refractivity contribution >= 4 is 0 Å². The van der Waals surface area contributed by atoms with Gasteiger partial charge in [-0.2, -0.15) is 9.78 Å². The Hall–Kier alpha value is -1.76. The molecule has 1 fully saturated rings. The van der Waals surface area contributed by atoms with Gasteiger partial charge >= 0.3 is 0 Å². The summed E-state index contributed by atoms with van der Waals surface area (Å²) in [7, 11) is 0. The minimum atomic E-state index is -1.15. The lowest BCUT2D eigenvalue weighted by Gasteiger charge is -2.52. The fraction of sp³-hybridized carbons (Fsp3) is 0.556. The first-order chi connectivity index (χ1) is 14.9. The molecule has 3 rings (SSSR count). The van der Waals surface area contributed by atoms with Gasteiger partial charge in [0.25, 0.3) is 0 Å². The first kappa shape index (κ1) is 24.9. The van der Waals surface area contributed by atoms with Crippen LogP contribution in [0.5, 0.6) is 0 Å². The van der Waals surface area contributed by atoms with E-state index in [0.29, 0.717) is 0 Å². The van der Waals surface area contributed by atoms with Crippen LogP contribution in [0.1, 0.15) is 78.6 Å². The molecule has 4 unspecified atom stereocenters. The van der Waals surface area contributed by atoms with E-state index in [1.807, 2.05) is 53.7 Å². The van der Waals surface area contributed by atoms with Gasteiger partial charge in [-0.05, 0) is 52.7 Å². The smallest absolute Gasteiger partial charge is 0.242 e. The van der Waals surface area contributed by atoms with E-state index in [0.717, 1.165) is 11.1 Å². The third kappa shape index (κ3) is 5.77. The number of benzene rings is 2. The highest BCUT2D eigenvalue weighted by molar-refractivity contribution is 5.27. The second kappa shape index (κ2) is 9.62. The summed E-state index contributed by atoms with van der Waals surface area (Å²) in [6.07, 6.45) is 0. The van der Waals surface area contributed by atoms with Crippen LogP contribution in [0.25, 0.3) is 0 Å². The fourth-order valence-corrected chi connectivity index (χ4v) is 4.15. The van der Waals surface area contributed by atoms with E-state index in [2.05, 4.69) is 67.7 Å². The molecule has 0 amide bonds. The molecule has 0 saturated carbocycles. The van der Waals surface area contributed by atoms with Crippen LogP contribution in [-0.2, 0) is 19.6 Å². The molecule has 32 heavy (non-hydrogen) atoms. The van der Waals surface area contributed by atoms with Crippen molar-refractivity contribution < 1.29 is 19.6 Å². The Labute approximate surface area is 193 Å². The third-order valence-electron chi connectivity index (χ3n) is 5.79. The van der Waals surface area contributed by atoms with Crippen molar-refractivity contribution in [3.8, 4) is 0 Å². The number of nitrogens with one attached hydrogen (secondary N) is 1. The van der Waals surface area contributed by atoms with Crippen LogP contribution < -0.4 is 5.32 Å². The maximum absolute atomic E-state index is 6.27. The lowest BCUT2D eigenvalue weighted by atomic mass is 9.72. The predicted molar refractivity (Wildman–Crippen MR) is 126 cm³/mol. The summed E-state index contributed by atoms with van der Waals surface area (Å²) in [5.74, 6) is -1.39. The molecule has 0 radical (unpaired) electrons. The van der Waals surface area contributed by atoms with Gasteiger partial charge in [0, 0.05) is 23.9 Å². The average molecular weight is 442 g/mol. The standard InChI is InChI=1S/C27H39NO4/c1-19-23(21-15-11-9-12-16-21)28-24(22-17-13-10-14-18-22)20(2)27(19,31-29-25(3,4)5)32-30-26(6,7)8/h9-20,23-24,28H,1-8H3. The molecule has 0 bridgehead atoms. The molecule has 1 heterocycles. The van der Waals surface area contributed by atoms with Gasteiger partial charge in [0.1, 0.15) is 0 Å². The zero-order valence-electron chi connectivity index (χ0n) is 20.7. The molecule has 0 spiro atoms. The predicted octanol–water partition coefficient (Wildman–Crippen LogP) is 6.53. The van der Waals surface area contributed by atoms with Crippen LogP contribution in [-0.4, -0.2) is 17.0 Å². The molecular weight excluding hydrogens is 402 g/mol. The minimum Gasteiger partial charge on any atom is -0.302 e. The van der Waals surface area contributed by atoms with Gasteiger partial charge in [-0.1, -0.05) is 74.5 Å². The van der Waals surface area contributed by atoms with Crippen molar-refractivity contribution in [3.63, 3.8) is 0 Å². The van der Waals surface area contributed by atoms with Crippen molar-refractivity contribution in [2.45, 2.75) is 84.5 Å². The molecule has 2 aromatic carbocycles. The highest BCUT2D eigenvalue weighted by Crippen LogP contribution is 2.50. The number of piperidine rings is 1. The second-order valence-electron chi connectivity index (χ2n) is 10.8. The van der Waals surface area contributed by atoms with E-state index in [-0.39, 0.29) is 23.9 Å². The van der Waals surface area contributed by atoms with Crippen LogP contribution >= 0.6 is 0 Å². The molecule has 176 valence electrons. The quantitative estimate of drug-likeness (QED) is 0.314. The molecule has 1 saturated heterocycles. The van der Waals surface area contributed by atoms with Gasteiger partial charge < -0.3 is 5.32 Å². The van der Waals surface area contributed by atoms with E-state index >= 15 is 0 Å². The fourth-order valence-electron chi connectivity index (χ4n) is 4.15. The largest absolute Gasteiger partial charge is 0.302 e. The van der Waals surface area contributed by atoms with E-state index in [1.165, 1.54) is 0 Å². The van der Waals surface area contributed by atoms with E-state index in [4.69, 9.17) is 19.6 Å². The zero-order valence-corrected chi connectivity index (χ0v) is 20.7. The molecule has 0 aliphatic carbocycles. The Morgan fingerprint density at radius 2 is 0.969 bits per heavy atom. The third-order valence-corrected chi connectivity index (χ3v) is 5.79. The van der Waals surface area contributed by atoms with E-state index < -0.39 is 17.0 Å². The molecule has 1 aliphatic rings. The van der Waals surface area contributed by atoms with Crippen LogP contribution in [0.15, 0.2) is 60.7 Å². The summed E-state index contributed by atoms with van der Waals surface area (Å²) in [5.41, 5.74) is 1.31. The van der Waals surface area contributed by atoms with Crippen molar-refractivity contribution in [3.05, 3.63) is 71.8 Å². The van der Waals surface area contributed by atoms with Crippen LogP contribution in [0.2, 0.25) is 0 Å². The summed E-state index contributed by atoms with van der Waals surface area (Å²) in [4.78, 5) is 24.4. The number of hydrogen-bond donors (Lipinski definition) is 1. The molecule has 1 aliphatic heterocycles. The Bertz CT molecular complexity index is 770. The van der Waals surface area contributed by atoms with Gasteiger partial charge in [0.15, 0.2) is 0 Å². The Morgan fingerprint density at radius 1 is 0.625 bits per heavy atom. The van der Waals surface area contributed by atoms with Crippen LogP contribution in [0, 0.1) is 11.8 Å². The Morgan fingerprint density at radius 3 is 1.28 bits per heavy atom. The molecule has 5 nitrogen and oxygen atoms in total. The van der Waals surface area contributed by atoms with Crippen LogP contribution in [0.4, 0.5) is 0 Å². The maximum atomic E-state index is 6.27. The topological polar surface area (TPSA) is 49.0 Å². The first-order valence-electron chi connectivity index (χ1n) is 11.5. The SMILES string of the molecule is CC1C(c2ccccc2)NC(c2ccccc2)C(C)C1(OOC(C)(C)C)OOC(C)(C)C. The van der Waals surface area contributed by atoms with Crippen LogP contribution in [0.3, 0.4) is 0 Å². The normalized spacial score (nSPS) is 26.1. The molecule has 1 N–H and O–H groups in total. The lowest BCUT2D eigenvalue weighted by molar-refractivity contribution is -0.567. The summed E-state index contributed by atoms with van der Waals surface area (Å²) in [5, 5.41) is 3.86. The first-order valence-corrected chi connectivity index (χ1v) is 11.5. The van der Waals surface area contributed by atoms with Gasteiger partial charge in [-0.3, -0.25) is 0 Å². The van der Waals surface area contributed by atoms with Crippen molar-refractivity contribution in [2.24, 2.45) is 11.8 Å².